The number of rotatable bonds is 9. The molecule has 1 amide bonds. The Labute approximate surface area is 238 Å². The van der Waals surface area contributed by atoms with Crippen molar-refractivity contribution in [3.63, 3.8) is 0 Å². The number of carbonyl (C=O) groups excluding carboxylic acids is 1. The molecule has 2 aliphatic rings. The van der Waals surface area contributed by atoms with Gasteiger partial charge >= 0.3 is 0 Å². The minimum atomic E-state index is -1.45. The Hall–Kier alpha value is -3.14. The van der Waals surface area contributed by atoms with Crippen molar-refractivity contribution in [1.29, 1.82) is 0 Å². The fourth-order valence-electron chi connectivity index (χ4n) is 4.96. The van der Waals surface area contributed by atoms with Crippen LogP contribution in [0.2, 0.25) is 5.02 Å². The summed E-state index contributed by atoms with van der Waals surface area (Å²) >= 11 is 6.50. The molecule has 2 heterocycles. The molecule has 2 aliphatic heterocycles. The predicted molar refractivity (Wildman–Crippen MR) is 150 cm³/mol. The summed E-state index contributed by atoms with van der Waals surface area (Å²) in [5.74, 6) is 1.19. The van der Waals surface area contributed by atoms with Crippen LogP contribution in [0.1, 0.15) is 46.5 Å². The molecule has 3 aromatic rings. The van der Waals surface area contributed by atoms with Crippen LogP contribution < -0.4 is 9.47 Å². The SMILES string of the molecule is CCOc1ccc(Cc2cc([C@@H]3O[C@H](COc4cccc(C(=O)N5CCC5)c4)[C@H](O)[C@@H](O)[C@H]3O)ccc2Cl)cc1. The molecule has 0 unspecified atom stereocenters. The number of hydrogen-bond acceptors (Lipinski definition) is 7. The molecule has 0 aromatic heterocycles. The lowest BCUT2D eigenvalue weighted by molar-refractivity contribution is -0.230. The first-order valence-electron chi connectivity index (χ1n) is 13.6. The average molecular weight is 568 g/mol. The van der Waals surface area contributed by atoms with Crippen LogP contribution in [0, 0.1) is 0 Å². The van der Waals surface area contributed by atoms with Gasteiger partial charge in [-0.3, -0.25) is 4.79 Å². The number of ether oxygens (including phenoxy) is 3. The van der Waals surface area contributed by atoms with E-state index >= 15 is 0 Å². The maximum Gasteiger partial charge on any atom is 0.253 e. The largest absolute Gasteiger partial charge is 0.494 e. The number of halogens is 1. The number of hydrogen-bond donors (Lipinski definition) is 3. The fraction of sp³-hybridized carbons (Fsp3) is 0.387. The molecule has 0 spiro atoms. The molecule has 0 bridgehead atoms. The molecule has 9 heteroatoms. The third kappa shape index (κ3) is 6.27. The number of amides is 1. The molecule has 0 aliphatic carbocycles. The summed E-state index contributed by atoms with van der Waals surface area (Å²) < 4.78 is 17.5. The average Bonchev–Trinajstić information content (AvgIpc) is 2.93. The van der Waals surface area contributed by atoms with E-state index in [1.54, 1.807) is 41.3 Å². The zero-order chi connectivity index (χ0) is 28.2. The second kappa shape index (κ2) is 12.6. The smallest absolute Gasteiger partial charge is 0.253 e. The van der Waals surface area contributed by atoms with Crippen LogP contribution in [-0.2, 0) is 11.2 Å². The van der Waals surface area contributed by atoms with Crippen LogP contribution in [0.15, 0.2) is 66.7 Å². The number of aliphatic hydroxyl groups excluding tert-OH is 3. The van der Waals surface area contributed by atoms with Crippen molar-refractivity contribution in [1.82, 2.24) is 4.90 Å². The van der Waals surface area contributed by atoms with E-state index in [1.165, 1.54) is 0 Å². The highest BCUT2D eigenvalue weighted by atomic mass is 35.5. The number of carbonyl (C=O) groups is 1. The Morgan fingerprint density at radius 3 is 2.42 bits per heavy atom. The molecule has 0 saturated carbocycles. The van der Waals surface area contributed by atoms with E-state index in [1.807, 2.05) is 37.3 Å². The van der Waals surface area contributed by atoms with Gasteiger partial charge in [0.05, 0.1) is 6.61 Å². The first kappa shape index (κ1) is 28.4. The molecule has 0 radical (unpaired) electrons. The summed E-state index contributed by atoms with van der Waals surface area (Å²) in [6.07, 6.45) is -4.46. The van der Waals surface area contributed by atoms with Crippen LogP contribution >= 0.6 is 11.6 Å². The second-order valence-electron chi connectivity index (χ2n) is 10.2. The molecule has 8 nitrogen and oxygen atoms in total. The molecule has 5 atom stereocenters. The molecular weight excluding hydrogens is 534 g/mol. The molecule has 212 valence electrons. The van der Waals surface area contributed by atoms with Crippen LogP contribution in [0.3, 0.4) is 0 Å². The van der Waals surface area contributed by atoms with E-state index in [9.17, 15) is 20.1 Å². The van der Waals surface area contributed by atoms with E-state index in [0.717, 1.165) is 36.4 Å². The second-order valence-corrected chi connectivity index (χ2v) is 10.6. The highest BCUT2D eigenvalue weighted by Gasteiger charge is 2.44. The van der Waals surface area contributed by atoms with Crippen LogP contribution in [0.25, 0.3) is 0 Å². The van der Waals surface area contributed by atoms with Crippen molar-refractivity contribution in [3.05, 3.63) is 94.0 Å². The van der Waals surface area contributed by atoms with Crippen molar-refractivity contribution >= 4 is 17.5 Å². The lowest BCUT2D eigenvalue weighted by Crippen LogP contribution is -2.55. The summed E-state index contributed by atoms with van der Waals surface area (Å²) in [4.78, 5) is 14.3. The van der Waals surface area contributed by atoms with E-state index in [0.29, 0.717) is 34.9 Å². The first-order chi connectivity index (χ1) is 19.3. The lowest BCUT2D eigenvalue weighted by Gasteiger charge is -2.40. The zero-order valence-corrected chi connectivity index (χ0v) is 23.0. The first-order valence-corrected chi connectivity index (χ1v) is 13.9. The minimum absolute atomic E-state index is 0.0481. The summed E-state index contributed by atoms with van der Waals surface area (Å²) in [5.41, 5.74) is 3.01. The van der Waals surface area contributed by atoms with Crippen molar-refractivity contribution in [3.8, 4) is 11.5 Å². The third-order valence-corrected chi connectivity index (χ3v) is 7.75. The van der Waals surface area contributed by atoms with Crippen LogP contribution in [0.4, 0.5) is 0 Å². The maximum atomic E-state index is 12.6. The Morgan fingerprint density at radius 1 is 0.950 bits per heavy atom. The van der Waals surface area contributed by atoms with Crippen LogP contribution in [0.5, 0.6) is 11.5 Å². The Bertz CT molecular complexity index is 1310. The Morgan fingerprint density at radius 2 is 1.73 bits per heavy atom. The van der Waals surface area contributed by atoms with Crippen molar-refractivity contribution in [2.24, 2.45) is 0 Å². The Balaban J connectivity index is 1.28. The van der Waals surface area contributed by atoms with Gasteiger partial charge < -0.3 is 34.4 Å². The van der Waals surface area contributed by atoms with Gasteiger partial charge in [-0.2, -0.15) is 0 Å². The maximum absolute atomic E-state index is 12.6. The van der Waals surface area contributed by atoms with E-state index in [-0.39, 0.29) is 12.5 Å². The molecule has 2 saturated heterocycles. The standard InChI is InChI=1S/C31H34ClNO7/c1-2-38-23-10-7-19(8-11-23)15-22-16-20(9-12-25(22)32)30-29(36)28(35)27(34)26(40-30)18-39-24-6-3-5-21(17-24)31(37)33-13-4-14-33/h3,5-12,16-17,26-30,34-36H,2,4,13-15,18H2,1H3/t26-,27+,28-,29-,30+/m1/s1. The number of aliphatic hydroxyl groups is 3. The summed E-state index contributed by atoms with van der Waals surface area (Å²) in [6, 6.07) is 19.9. The van der Waals surface area contributed by atoms with Gasteiger partial charge in [-0.1, -0.05) is 41.9 Å². The van der Waals surface area contributed by atoms with E-state index in [2.05, 4.69) is 0 Å². The Kier molecular flexibility index (Phi) is 8.93. The normalized spacial score (nSPS) is 24.3. The van der Waals surface area contributed by atoms with Gasteiger partial charge in [0.25, 0.3) is 5.91 Å². The van der Waals surface area contributed by atoms with Gasteiger partial charge in [0.15, 0.2) is 0 Å². The lowest BCUT2D eigenvalue weighted by atomic mass is 9.90. The highest BCUT2D eigenvalue weighted by molar-refractivity contribution is 6.31. The van der Waals surface area contributed by atoms with Crippen LogP contribution in [-0.4, -0.2) is 76.8 Å². The quantitative estimate of drug-likeness (QED) is 0.361. The van der Waals surface area contributed by atoms with Crippen molar-refractivity contribution in [2.45, 2.75) is 50.3 Å². The van der Waals surface area contributed by atoms with Crippen molar-refractivity contribution in [2.75, 3.05) is 26.3 Å². The summed E-state index contributed by atoms with van der Waals surface area (Å²) in [6.45, 7) is 3.94. The van der Waals surface area contributed by atoms with E-state index in [4.69, 9.17) is 25.8 Å². The molecular formula is C31H34ClNO7. The van der Waals surface area contributed by atoms with Gasteiger partial charge in [0, 0.05) is 23.7 Å². The molecule has 2 fully saturated rings. The van der Waals surface area contributed by atoms with Gasteiger partial charge in [0.1, 0.15) is 48.6 Å². The summed E-state index contributed by atoms with van der Waals surface area (Å²) in [7, 11) is 0. The molecule has 40 heavy (non-hydrogen) atoms. The zero-order valence-electron chi connectivity index (χ0n) is 22.3. The van der Waals surface area contributed by atoms with Gasteiger partial charge in [-0.05, 0) is 72.9 Å². The van der Waals surface area contributed by atoms with Gasteiger partial charge in [-0.25, -0.2) is 0 Å². The number of likely N-dealkylation sites (tertiary alicyclic amines) is 1. The monoisotopic (exact) mass is 567 g/mol. The number of benzene rings is 3. The van der Waals surface area contributed by atoms with Crippen molar-refractivity contribution < 1.29 is 34.3 Å². The predicted octanol–water partition coefficient (Wildman–Crippen LogP) is 3.78. The van der Waals surface area contributed by atoms with E-state index < -0.39 is 30.5 Å². The topological polar surface area (TPSA) is 109 Å². The number of nitrogens with zero attached hydrogens (tertiary/aromatic N) is 1. The molecule has 3 aromatic carbocycles. The molecule has 5 rings (SSSR count). The van der Waals surface area contributed by atoms with Gasteiger partial charge in [-0.15, -0.1) is 0 Å². The fourth-order valence-corrected chi connectivity index (χ4v) is 5.14. The summed E-state index contributed by atoms with van der Waals surface area (Å²) in [5, 5.41) is 32.7. The highest BCUT2D eigenvalue weighted by Crippen LogP contribution is 2.35. The minimum Gasteiger partial charge on any atom is -0.494 e. The molecule has 3 N–H and O–H groups in total. The third-order valence-electron chi connectivity index (χ3n) is 7.38. The van der Waals surface area contributed by atoms with Gasteiger partial charge in [0.2, 0.25) is 0 Å².